The Morgan fingerprint density at radius 1 is 1.07 bits per heavy atom. The molecule has 6 heteroatoms. The smallest absolute Gasteiger partial charge is 0.242 e. The molecule has 2 fully saturated rings. The summed E-state index contributed by atoms with van der Waals surface area (Å²) in [6, 6.07) is 5.68. The summed E-state index contributed by atoms with van der Waals surface area (Å²) in [6.45, 7) is 0.780. The van der Waals surface area contributed by atoms with Crippen LogP contribution in [0.25, 0.3) is 0 Å². The fourth-order valence-corrected chi connectivity index (χ4v) is 4.26. The second-order valence-electron chi connectivity index (χ2n) is 7.41. The third-order valence-electron chi connectivity index (χ3n) is 5.76. The van der Waals surface area contributed by atoms with Crippen molar-refractivity contribution in [1.82, 2.24) is 10.2 Å². The lowest BCUT2D eigenvalue weighted by molar-refractivity contribution is -0.134. The molecule has 0 bridgehead atoms. The zero-order chi connectivity index (χ0) is 19.2. The third kappa shape index (κ3) is 4.54. The summed E-state index contributed by atoms with van der Waals surface area (Å²) in [4.78, 5) is 27.0. The van der Waals surface area contributed by atoms with Gasteiger partial charge in [-0.3, -0.25) is 9.59 Å². The number of methoxy groups -OCH3 is 2. The first-order valence-electron chi connectivity index (χ1n) is 9.93. The molecule has 1 heterocycles. The summed E-state index contributed by atoms with van der Waals surface area (Å²) in [5, 5.41) is 2.87. The average molecular weight is 374 g/mol. The summed E-state index contributed by atoms with van der Waals surface area (Å²) in [5.41, 5.74) is 0.989. The van der Waals surface area contributed by atoms with Gasteiger partial charge in [-0.25, -0.2) is 0 Å². The molecule has 1 aromatic rings. The van der Waals surface area contributed by atoms with Crippen LogP contribution in [0, 0.1) is 5.92 Å². The first-order valence-corrected chi connectivity index (χ1v) is 9.93. The minimum atomic E-state index is -0.0282. The van der Waals surface area contributed by atoms with E-state index in [9.17, 15) is 9.59 Å². The van der Waals surface area contributed by atoms with E-state index in [0.29, 0.717) is 6.54 Å². The summed E-state index contributed by atoms with van der Waals surface area (Å²) >= 11 is 0. The molecule has 0 radical (unpaired) electrons. The van der Waals surface area contributed by atoms with Crippen LogP contribution in [0.15, 0.2) is 18.2 Å². The Hall–Kier alpha value is -2.24. The molecule has 0 aromatic heterocycles. The Kier molecular flexibility index (Phi) is 6.58. The van der Waals surface area contributed by atoms with Crippen molar-refractivity contribution in [1.29, 1.82) is 0 Å². The van der Waals surface area contributed by atoms with E-state index >= 15 is 0 Å². The van der Waals surface area contributed by atoms with Crippen LogP contribution in [0.4, 0.5) is 0 Å². The summed E-state index contributed by atoms with van der Waals surface area (Å²) in [5.74, 6) is 1.53. The second kappa shape index (κ2) is 9.11. The van der Waals surface area contributed by atoms with Crippen molar-refractivity contribution in [2.45, 2.75) is 51.0 Å². The number of benzene rings is 1. The van der Waals surface area contributed by atoms with Crippen molar-refractivity contribution in [2.24, 2.45) is 5.92 Å². The van der Waals surface area contributed by atoms with Crippen molar-refractivity contribution in [2.75, 3.05) is 27.3 Å². The number of nitrogens with zero attached hydrogens (tertiary/aromatic N) is 1. The molecule has 1 saturated heterocycles. The summed E-state index contributed by atoms with van der Waals surface area (Å²) < 4.78 is 10.8. The molecule has 1 N–H and O–H groups in total. The Bertz CT molecular complexity index is 670. The number of likely N-dealkylation sites (tertiary alicyclic amines) is 1. The third-order valence-corrected chi connectivity index (χ3v) is 5.76. The van der Waals surface area contributed by atoms with Gasteiger partial charge < -0.3 is 19.7 Å². The lowest BCUT2D eigenvalue weighted by Gasteiger charge is -2.27. The molecule has 1 atom stereocenters. The average Bonchev–Trinajstić information content (AvgIpc) is 3.21. The molecule has 27 heavy (non-hydrogen) atoms. The number of rotatable bonds is 6. The summed E-state index contributed by atoms with van der Waals surface area (Å²) in [6.07, 6.45) is 7.15. The fourth-order valence-electron chi connectivity index (χ4n) is 4.26. The van der Waals surface area contributed by atoms with E-state index in [1.54, 1.807) is 14.2 Å². The minimum absolute atomic E-state index is 0.0232. The highest BCUT2D eigenvalue weighted by Gasteiger charge is 2.32. The van der Waals surface area contributed by atoms with E-state index in [2.05, 4.69) is 5.32 Å². The molecule has 2 aliphatic rings. The van der Waals surface area contributed by atoms with Gasteiger partial charge in [0.1, 0.15) is 11.5 Å². The highest BCUT2D eigenvalue weighted by atomic mass is 16.5. The largest absolute Gasteiger partial charge is 0.497 e. The van der Waals surface area contributed by atoms with Crippen molar-refractivity contribution in [3.8, 4) is 11.5 Å². The molecular weight excluding hydrogens is 344 g/mol. The number of carbonyl (C=O) groups excluding carboxylic acids is 2. The van der Waals surface area contributed by atoms with Gasteiger partial charge in [0.25, 0.3) is 0 Å². The van der Waals surface area contributed by atoms with Gasteiger partial charge in [-0.05, 0) is 37.8 Å². The second-order valence-corrected chi connectivity index (χ2v) is 7.41. The lowest BCUT2D eigenvalue weighted by atomic mass is 9.89. The number of hydrogen-bond acceptors (Lipinski definition) is 4. The predicted octanol–water partition coefficient (Wildman–Crippen LogP) is 3.06. The van der Waals surface area contributed by atoms with E-state index in [-0.39, 0.29) is 30.3 Å². The van der Waals surface area contributed by atoms with E-state index in [1.165, 1.54) is 6.42 Å². The van der Waals surface area contributed by atoms with E-state index in [4.69, 9.17) is 9.47 Å². The molecule has 3 rings (SSSR count). The van der Waals surface area contributed by atoms with Gasteiger partial charge in [0.05, 0.1) is 26.8 Å². The highest BCUT2D eigenvalue weighted by molar-refractivity contribution is 5.86. The Morgan fingerprint density at radius 2 is 1.85 bits per heavy atom. The van der Waals surface area contributed by atoms with Gasteiger partial charge in [-0.1, -0.05) is 19.3 Å². The predicted molar refractivity (Wildman–Crippen MR) is 103 cm³/mol. The zero-order valence-corrected chi connectivity index (χ0v) is 16.3. The zero-order valence-electron chi connectivity index (χ0n) is 16.3. The maximum absolute atomic E-state index is 12.8. The lowest BCUT2D eigenvalue weighted by Crippen LogP contribution is -2.42. The van der Waals surface area contributed by atoms with Crippen LogP contribution in [0.2, 0.25) is 0 Å². The molecule has 1 aliphatic heterocycles. The van der Waals surface area contributed by atoms with E-state index in [0.717, 1.165) is 55.6 Å². The van der Waals surface area contributed by atoms with Crippen LogP contribution in [0.3, 0.4) is 0 Å². The van der Waals surface area contributed by atoms with Gasteiger partial charge in [0.15, 0.2) is 0 Å². The Morgan fingerprint density at radius 3 is 2.56 bits per heavy atom. The van der Waals surface area contributed by atoms with Gasteiger partial charge in [0, 0.05) is 24.1 Å². The first kappa shape index (κ1) is 19.5. The van der Waals surface area contributed by atoms with Crippen molar-refractivity contribution in [3.05, 3.63) is 23.8 Å². The maximum atomic E-state index is 12.8. The minimum Gasteiger partial charge on any atom is -0.497 e. The van der Waals surface area contributed by atoms with Gasteiger partial charge in [-0.15, -0.1) is 0 Å². The van der Waals surface area contributed by atoms with Crippen LogP contribution in [0.1, 0.15) is 56.6 Å². The van der Waals surface area contributed by atoms with Crippen LogP contribution in [-0.2, 0) is 9.59 Å². The van der Waals surface area contributed by atoms with Gasteiger partial charge >= 0.3 is 0 Å². The fraction of sp³-hybridized carbons (Fsp3) is 0.619. The molecular formula is C21H30N2O4. The van der Waals surface area contributed by atoms with Crippen molar-refractivity contribution < 1.29 is 19.1 Å². The molecule has 0 spiro atoms. The first-order chi connectivity index (χ1) is 13.1. The SMILES string of the molecule is COc1ccc([C@@H]2CCCN2C(=O)CNC(=O)C2CCCCC2)c(OC)c1. The molecule has 148 valence electrons. The van der Waals surface area contributed by atoms with Crippen LogP contribution in [-0.4, -0.2) is 44.0 Å². The topological polar surface area (TPSA) is 67.9 Å². The van der Waals surface area contributed by atoms with Gasteiger partial charge in [-0.2, -0.15) is 0 Å². The standard InChI is InChI=1S/C21H30N2O4/c1-26-16-10-11-17(19(13-16)27-2)18-9-6-12-23(18)20(24)14-22-21(25)15-7-4-3-5-8-15/h10-11,13,15,18H,3-9,12,14H2,1-2H3,(H,22,25)/t18-/m0/s1. The van der Waals surface area contributed by atoms with E-state index < -0.39 is 0 Å². The van der Waals surface area contributed by atoms with E-state index in [1.807, 2.05) is 23.1 Å². The molecule has 1 saturated carbocycles. The normalized spacial score (nSPS) is 20.4. The van der Waals surface area contributed by atoms with Crippen molar-refractivity contribution in [3.63, 3.8) is 0 Å². The van der Waals surface area contributed by atoms with Crippen LogP contribution < -0.4 is 14.8 Å². The number of nitrogens with one attached hydrogen (secondary N) is 1. The number of carbonyl (C=O) groups is 2. The molecule has 2 amide bonds. The Labute approximate surface area is 161 Å². The molecule has 1 aromatic carbocycles. The number of amides is 2. The summed E-state index contributed by atoms with van der Waals surface area (Å²) in [7, 11) is 3.25. The molecule has 1 aliphatic carbocycles. The van der Waals surface area contributed by atoms with Crippen LogP contribution in [0.5, 0.6) is 11.5 Å². The highest BCUT2D eigenvalue weighted by Crippen LogP contribution is 2.38. The number of ether oxygens (including phenoxy) is 2. The van der Waals surface area contributed by atoms with Crippen LogP contribution >= 0.6 is 0 Å². The van der Waals surface area contributed by atoms with Crippen molar-refractivity contribution >= 4 is 11.8 Å². The molecule has 0 unspecified atom stereocenters. The number of hydrogen-bond donors (Lipinski definition) is 1. The van der Waals surface area contributed by atoms with Gasteiger partial charge in [0.2, 0.25) is 11.8 Å². The Balaban J connectivity index is 1.63. The maximum Gasteiger partial charge on any atom is 0.242 e. The monoisotopic (exact) mass is 374 g/mol. The quantitative estimate of drug-likeness (QED) is 0.831. The molecule has 6 nitrogen and oxygen atoms in total.